The predicted octanol–water partition coefficient (Wildman–Crippen LogP) is 1.75. The standard InChI is InChI=1S/C18H25N3O3/c1-13(2)16-6-4-5-14(3)17(16)20-12-15(11-19)18(24)21(7-9-22)8-10-23/h4-6,12-13,20,22-23H,7-10H2,1-3H3/b15-12-. The van der Waals surface area contributed by atoms with Gasteiger partial charge in [0.25, 0.3) is 5.91 Å². The molecular weight excluding hydrogens is 306 g/mol. The molecule has 6 heteroatoms. The largest absolute Gasteiger partial charge is 0.395 e. The van der Waals surface area contributed by atoms with Crippen molar-refractivity contribution in [2.45, 2.75) is 26.7 Å². The first-order chi connectivity index (χ1) is 11.5. The van der Waals surface area contributed by atoms with E-state index in [2.05, 4.69) is 19.2 Å². The molecule has 0 fully saturated rings. The van der Waals surface area contributed by atoms with Gasteiger partial charge in [0.15, 0.2) is 0 Å². The minimum atomic E-state index is -0.521. The number of carbonyl (C=O) groups excluding carboxylic acids is 1. The number of para-hydroxylation sites is 1. The van der Waals surface area contributed by atoms with E-state index in [-0.39, 0.29) is 31.9 Å². The summed E-state index contributed by atoms with van der Waals surface area (Å²) in [5.74, 6) is -0.227. The van der Waals surface area contributed by atoms with E-state index < -0.39 is 5.91 Å². The molecule has 130 valence electrons. The molecule has 0 aliphatic carbocycles. The molecule has 0 atom stereocenters. The molecule has 1 aromatic carbocycles. The predicted molar refractivity (Wildman–Crippen MR) is 93.3 cm³/mol. The second kappa shape index (κ2) is 9.71. The molecule has 0 unspecified atom stereocenters. The molecule has 0 aromatic heterocycles. The van der Waals surface area contributed by atoms with E-state index in [0.717, 1.165) is 16.8 Å². The Kier molecular flexibility index (Phi) is 7.96. The maximum absolute atomic E-state index is 12.4. The van der Waals surface area contributed by atoms with Crippen molar-refractivity contribution in [2.75, 3.05) is 31.6 Å². The van der Waals surface area contributed by atoms with Crippen molar-refractivity contribution in [3.63, 3.8) is 0 Å². The number of hydrogen-bond acceptors (Lipinski definition) is 5. The Morgan fingerprint density at radius 1 is 1.33 bits per heavy atom. The van der Waals surface area contributed by atoms with E-state index in [0.29, 0.717) is 5.92 Å². The molecule has 0 aliphatic heterocycles. The van der Waals surface area contributed by atoms with Crippen molar-refractivity contribution in [2.24, 2.45) is 0 Å². The quantitative estimate of drug-likeness (QED) is 0.498. The number of nitrogens with one attached hydrogen (secondary N) is 1. The van der Waals surface area contributed by atoms with Gasteiger partial charge in [0.2, 0.25) is 0 Å². The number of benzene rings is 1. The second-order valence-corrected chi connectivity index (χ2v) is 5.75. The molecule has 0 saturated heterocycles. The molecular formula is C18H25N3O3. The number of amides is 1. The van der Waals surface area contributed by atoms with E-state index in [1.54, 1.807) is 0 Å². The Labute approximate surface area is 143 Å². The first kappa shape index (κ1) is 19.7. The molecule has 0 bridgehead atoms. The normalized spacial score (nSPS) is 11.3. The average Bonchev–Trinajstić information content (AvgIpc) is 2.55. The lowest BCUT2D eigenvalue weighted by atomic mass is 9.98. The Morgan fingerprint density at radius 3 is 2.46 bits per heavy atom. The van der Waals surface area contributed by atoms with Crippen LogP contribution in [0.15, 0.2) is 30.0 Å². The molecule has 0 aliphatic rings. The van der Waals surface area contributed by atoms with Crippen molar-refractivity contribution >= 4 is 11.6 Å². The van der Waals surface area contributed by atoms with Gasteiger partial charge in [-0.2, -0.15) is 5.26 Å². The van der Waals surface area contributed by atoms with Crippen LogP contribution >= 0.6 is 0 Å². The maximum atomic E-state index is 12.4. The summed E-state index contributed by atoms with van der Waals surface area (Å²) >= 11 is 0. The van der Waals surface area contributed by atoms with Gasteiger partial charge in [-0.05, 0) is 24.0 Å². The number of rotatable bonds is 8. The number of nitriles is 1. The molecule has 6 nitrogen and oxygen atoms in total. The molecule has 3 N–H and O–H groups in total. The number of aliphatic hydroxyl groups is 2. The smallest absolute Gasteiger partial charge is 0.266 e. The number of carbonyl (C=O) groups is 1. The van der Waals surface area contributed by atoms with Gasteiger partial charge >= 0.3 is 0 Å². The van der Waals surface area contributed by atoms with Gasteiger partial charge in [0, 0.05) is 25.0 Å². The van der Waals surface area contributed by atoms with E-state index in [1.807, 2.05) is 31.2 Å². The van der Waals surface area contributed by atoms with E-state index in [4.69, 9.17) is 10.2 Å². The van der Waals surface area contributed by atoms with Crippen LogP contribution in [-0.2, 0) is 4.79 Å². The van der Waals surface area contributed by atoms with Gasteiger partial charge in [-0.3, -0.25) is 4.79 Å². The molecule has 0 radical (unpaired) electrons. The summed E-state index contributed by atoms with van der Waals surface area (Å²) in [6, 6.07) is 7.82. The summed E-state index contributed by atoms with van der Waals surface area (Å²) in [5, 5.41) is 30.4. The molecule has 0 saturated carbocycles. The van der Waals surface area contributed by atoms with E-state index in [9.17, 15) is 10.1 Å². The third kappa shape index (κ3) is 5.08. The van der Waals surface area contributed by atoms with Crippen LogP contribution in [0.4, 0.5) is 5.69 Å². The fraction of sp³-hybridized carbons (Fsp3) is 0.444. The lowest BCUT2D eigenvalue weighted by Gasteiger charge is -2.20. The van der Waals surface area contributed by atoms with Crippen molar-refractivity contribution in [1.82, 2.24) is 4.90 Å². The van der Waals surface area contributed by atoms with Gasteiger partial charge in [0.1, 0.15) is 11.6 Å². The zero-order valence-electron chi connectivity index (χ0n) is 14.4. The SMILES string of the molecule is Cc1cccc(C(C)C)c1N/C=C(/C#N)C(=O)N(CCO)CCO. The maximum Gasteiger partial charge on any atom is 0.266 e. The van der Waals surface area contributed by atoms with Crippen LogP contribution in [0, 0.1) is 18.3 Å². The van der Waals surface area contributed by atoms with E-state index in [1.165, 1.54) is 11.1 Å². The Balaban J connectivity index is 3.06. The van der Waals surface area contributed by atoms with Crippen LogP contribution in [0.1, 0.15) is 30.9 Å². The third-order valence-electron chi connectivity index (χ3n) is 3.67. The van der Waals surface area contributed by atoms with Crippen molar-refractivity contribution in [1.29, 1.82) is 5.26 Å². The minimum Gasteiger partial charge on any atom is -0.395 e. The average molecular weight is 331 g/mol. The Hall–Kier alpha value is -2.36. The molecule has 1 amide bonds. The highest BCUT2D eigenvalue weighted by Gasteiger charge is 2.18. The first-order valence-electron chi connectivity index (χ1n) is 7.93. The number of anilines is 1. The lowest BCUT2D eigenvalue weighted by Crippen LogP contribution is -2.36. The van der Waals surface area contributed by atoms with Crippen LogP contribution in [0.25, 0.3) is 0 Å². The highest BCUT2D eigenvalue weighted by Crippen LogP contribution is 2.27. The monoisotopic (exact) mass is 331 g/mol. The van der Waals surface area contributed by atoms with Crippen molar-refractivity contribution in [3.05, 3.63) is 41.1 Å². The fourth-order valence-electron chi connectivity index (χ4n) is 2.38. The summed E-state index contributed by atoms with van der Waals surface area (Å²) in [6.45, 7) is 5.79. The fourth-order valence-corrected chi connectivity index (χ4v) is 2.38. The van der Waals surface area contributed by atoms with Crippen LogP contribution in [0.2, 0.25) is 0 Å². The molecule has 24 heavy (non-hydrogen) atoms. The van der Waals surface area contributed by atoms with Gasteiger partial charge in [-0.25, -0.2) is 0 Å². The van der Waals surface area contributed by atoms with Crippen LogP contribution in [-0.4, -0.2) is 47.3 Å². The van der Waals surface area contributed by atoms with Crippen molar-refractivity contribution in [3.8, 4) is 6.07 Å². The summed E-state index contributed by atoms with van der Waals surface area (Å²) in [4.78, 5) is 13.6. The van der Waals surface area contributed by atoms with Crippen LogP contribution in [0.3, 0.4) is 0 Å². The topological polar surface area (TPSA) is 96.6 Å². The zero-order chi connectivity index (χ0) is 18.1. The lowest BCUT2D eigenvalue weighted by molar-refractivity contribution is -0.127. The summed E-state index contributed by atoms with van der Waals surface area (Å²) < 4.78 is 0. The van der Waals surface area contributed by atoms with Gasteiger partial charge in [-0.15, -0.1) is 0 Å². The summed E-state index contributed by atoms with van der Waals surface area (Å²) in [6.07, 6.45) is 1.39. The number of nitrogens with zero attached hydrogens (tertiary/aromatic N) is 2. The highest BCUT2D eigenvalue weighted by atomic mass is 16.3. The molecule has 0 spiro atoms. The van der Waals surface area contributed by atoms with Crippen molar-refractivity contribution < 1.29 is 15.0 Å². The van der Waals surface area contributed by atoms with Gasteiger partial charge < -0.3 is 20.4 Å². The minimum absolute atomic E-state index is 0.0695. The number of hydrogen-bond donors (Lipinski definition) is 3. The first-order valence-corrected chi connectivity index (χ1v) is 7.93. The van der Waals surface area contributed by atoms with Gasteiger partial charge in [-0.1, -0.05) is 32.0 Å². The number of aryl methyl sites for hydroxylation is 1. The Morgan fingerprint density at radius 2 is 1.96 bits per heavy atom. The molecule has 0 heterocycles. The number of aliphatic hydroxyl groups excluding tert-OH is 2. The Bertz CT molecular complexity index is 627. The second-order valence-electron chi connectivity index (χ2n) is 5.75. The van der Waals surface area contributed by atoms with Crippen LogP contribution < -0.4 is 5.32 Å². The van der Waals surface area contributed by atoms with Crippen LogP contribution in [0.5, 0.6) is 0 Å². The molecule has 1 rings (SSSR count). The third-order valence-corrected chi connectivity index (χ3v) is 3.67. The zero-order valence-corrected chi connectivity index (χ0v) is 14.4. The molecule has 1 aromatic rings. The highest BCUT2D eigenvalue weighted by molar-refractivity contribution is 5.97. The van der Waals surface area contributed by atoms with E-state index >= 15 is 0 Å². The summed E-state index contributed by atoms with van der Waals surface area (Å²) in [7, 11) is 0. The summed E-state index contributed by atoms with van der Waals surface area (Å²) in [5.41, 5.74) is 2.92. The van der Waals surface area contributed by atoms with Gasteiger partial charge in [0.05, 0.1) is 13.2 Å².